The van der Waals surface area contributed by atoms with Crippen LogP contribution >= 0.6 is 0 Å². The summed E-state index contributed by atoms with van der Waals surface area (Å²) in [6.45, 7) is 0. The minimum Gasteiger partial charge on any atom is -0.436 e. The van der Waals surface area contributed by atoms with E-state index in [1.54, 1.807) is 29.2 Å². The van der Waals surface area contributed by atoms with Crippen LogP contribution in [-0.2, 0) is 7.05 Å². The van der Waals surface area contributed by atoms with Crippen LogP contribution in [0.15, 0.2) is 53.2 Å². The van der Waals surface area contributed by atoms with Crippen LogP contribution in [0.25, 0.3) is 33.8 Å². The number of benzene rings is 1. The van der Waals surface area contributed by atoms with E-state index in [1.807, 2.05) is 31.3 Å². The van der Waals surface area contributed by atoms with Gasteiger partial charge in [-0.05, 0) is 36.4 Å². The summed E-state index contributed by atoms with van der Waals surface area (Å²) in [6.07, 6.45) is 4.02. The Labute approximate surface area is 131 Å². The SMILES string of the molecule is Cn1nccc1-c1ccc2oc(-c3ccnc(C=O)c3)nc2c1. The first-order valence-corrected chi connectivity index (χ1v) is 7.05. The Morgan fingerprint density at radius 1 is 1.09 bits per heavy atom. The van der Waals surface area contributed by atoms with E-state index in [0.29, 0.717) is 23.5 Å². The molecule has 3 aromatic heterocycles. The predicted molar refractivity (Wildman–Crippen MR) is 84.8 cm³/mol. The molecule has 112 valence electrons. The zero-order valence-corrected chi connectivity index (χ0v) is 12.3. The summed E-state index contributed by atoms with van der Waals surface area (Å²) in [6, 6.07) is 11.2. The van der Waals surface area contributed by atoms with Crippen molar-refractivity contribution in [1.29, 1.82) is 0 Å². The number of aryl methyl sites for hydroxylation is 1. The Hall–Kier alpha value is -3.28. The number of hydrogen-bond donors (Lipinski definition) is 0. The summed E-state index contributed by atoms with van der Waals surface area (Å²) >= 11 is 0. The fraction of sp³-hybridized carbons (Fsp3) is 0.0588. The zero-order chi connectivity index (χ0) is 15.8. The normalized spacial score (nSPS) is 11.0. The van der Waals surface area contributed by atoms with Gasteiger partial charge in [-0.2, -0.15) is 5.10 Å². The lowest BCUT2D eigenvalue weighted by Gasteiger charge is -2.00. The number of hydrogen-bond acceptors (Lipinski definition) is 5. The van der Waals surface area contributed by atoms with Crippen molar-refractivity contribution >= 4 is 17.4 Å². The van der Waals surface area contributed by atoms with Gasteiger partial charge in [-0.3, -0.25) is 14.5 Å². The van der Waals surface area contributed by atoms with Gasteiger partial charge in [0, 0.05) is 30.6 Å². The minimum atomic E-state index is 0.348. The first-order valence-electron chi connectivity index (χ1n) is 7.05. The molecule has 6 heteroatoms. The van der Waals surface area contributed by atoms with Crippen molar-refractivity contribution < 1.29 is 9.21 Å². The monoisotopic (exact) mass is 304 g/mol. The molecule has 0 aliphatic carbocycles. The third-order valence-corrected chi connectivity index (χ3v) is 3.65. The van der Waals surface area contributed by atoms with Crippen molar-refractivity contribution in [2.24, 2.45) is 7.05 Å². The van der Waals surface area contributed by atoms with Gasteiger partial charge in [0.2, 0.25) is 5.89 Å². The third-order valence-electron chi connectivity index (χ3n) is 3.65. The molecule has 0 N–H and O–H groups in total. The van der Waals surface area contributed by atoms with Crippen molar-refractivity contribution in [3.63, 3.8) is 0 Å². The lowest BCUT2D eigenvalue weighted by molar-refractivity contribution is 0.111. The molecule has 3 heterocycles. The highest BCUT2D eigenvalue weighted by molar-refractivity contribution is 5.82. The molecule has 6 nitrogen and oxygen atoms in total. The molecule has 0 amide bonds. The summed E-state index contributed by atoms with van der Waals surface area (Å²) in [5.74, 6) is 0.465. The smallest absolute Gasteiger partial charge is 0.227 e. The van der Waals surface area contributed by atoms with Crippen LogP contribution in [0.5, 0.6) is 0 Å². The predicted octanol–water partition coefficient (Wildman–Crippen LogP) is 3.10. The van der Waals surface area contributed by atoms with Crippen LogP contribution in [0.2, 0.25) is 0 Å². The van der Waals surface area contributed by atoms with Gasteiger partial charge in [-0.1, -0.05) is 0 Å². The topological polar surface area (TPSA) is 73.8 Å². The number of aldehydes is 1. The standard InChI is InChI=1S/C17H12N4O2/c1-21-15(5-7-19-21)11-2-3-16-14(9-11)20-17(23-16)12-4-6-18-13(8-12)10-22/h2-10H,1H3. The minimum absolute atomic E-state index is 0.348. The number of rotatable bonds is 3. The van der Waals surface area contributed by atoms with Gasteiger partial charge >= 0.3 is 0 Å². The lowest BCUT2D eigenvalue weighted by Crippen LogP contribution is -1.92. The number of oxazole rings is 1. The second kappa shape index (κ2) is 5.17. The first-order chi connectivity index (χ1) is 11.2. The number of carbonyl (C=O) groups excluding carboxylic acids is 1. The van der Waals surface area contributed by atoms with E-state index in [0.717, 1.165) is 22.3 Å². The van der Waals surface area contributed by atoms with Crippen LogP contribution in [0.4, 0.5) is 0 Å². The van der Waals surface area contributed by atoms with Crippen LogP contribution in [-0.4, -0.2) is 26.0 Å². The molecule has 0 spiro atoms. The van der Waals surface area contributed by atoms with Crippen LogP contribution in [0.1, 0.15) is 10.5 Å². The highest BCUT2D eigenvalue weighted by atomic mass is 16.3. The Morgan fingerprint density at radius 2 is 2.00 bits per heavy atom. The summed E-state index contributed by atoms with van der Waals surface area (Å²) in [7, 11) is 1.89. The molecule has 0 unspecified atom stereocenters. The van der Waals surface area contributed by atoms with E-state index < -0.39 is 0 Å². The molecular weight excluding hydrogens is 292 g/mol. The van der Waals surface area contributed by atoms with Gasteiger partial charge < -0.3 is 4.42 Å². The van der Waals surface area contributed by atoms with Crippen molar-refractivity contribution in [3.05, 3.63) is 54.5 Å². The van der Waals surface area contributed by atoms with Crippen LogP contribution in [0.3, 0.4) is 0 Å². The maximum atomic E-state index is 10.8. The zero-order valence-electron chi connectivity index (χ0n) is 12.3. The highest BCUT2D eigenvalue weighted by Crippen LogP contribution is 2.28. The van der Waals surface area contributed by atoms with E-state index in [-0.39, 0.29) is 0 Å². The average Bonchev–Trinajstić information content (AvgIpc) is 3.20. The van der Waals surface area contributed by atoms with Gasteiger partial charge in [-0.25, -0.2) is 4.98 Å². The molecule has 23 heavy (non-hydrogen) atoms. The van der Waals surface area contributed by atoms with Crippen LogP contribution in [0, 0.1) is 0 Å². The maximum Gasteiger partial charge on any atom is 0.227 e. The molecule has 4 rings (SSSR count). The van der Waals surface area contributed by atoms with Crippen molar-refractivity contribution in [3.8, 4) is 22.7 Å². The second-order valence-corrected chi connectivity index (χ2v) is 5.13. The van der Waals surface area contributed by atoms with E-state index in [9.17, 15) is 4.79 Å². The molecule has 0 atom stereocenters. The fourth-order valence-corrected chi connectivity index (χ4v) is 2.51. The van der Waals surface area contributed by atoms with Crippen molar-refractivity contribution in [2.45, 2.75) is 0 Å². The molecule has 0 saturated carbocycles. The number of nitrogens with zero attached hydrogens (tertiary/aromatic N) is 4. The Bertz CT molecular complexity index is 1020. The Balaban J connectivity index is 1.82. The van der Waals surface area contributed by atoms with Gasteiger partial charge in [-0.15, -0.1) is 0 Å². The third kappa shape index (κ3) is 2.30. The molecule has 0 bridgehead atoms. The summed E-state index contributed by atoms with van der Waals surface area (Å²) in [4.78, 5) is 19.3. The number of carbonyl (C=O) groups is 1. The molecule has 0 saturated heterocycles. The number of fused-ring (bicyclic) bond motifs is 1. The van der Waals surface area contributed by atoms with Crippen molar-refractivity contribution in [2.75, 3.05) is 0 Å². The number of aromatic nitrogens is 4. The molecule has 1 aromatic carbocycles. The molecule has 0 aliphatic heterocycles. The van der Waals surface area contributed by atoms with E-state index in [4.69, 9.17) is 4.42 Å². The quantitative estimate of drug-likeness (QED) is 0.544. The second-order valence-electron chi connectivity index (χ2n) is 5.13. The summed E-state index contributed by atoms with van der Waals surface area (Å²) < 4.78 is 7.59. The Morgan fingerprint density at radius 3 is 2.78 bits per heavy atom. The molecular formula is C17H12N4O2. The van der Waals surface area contributed by atoms with E-state index in [1.165, 1.54) is 0 Å². The molecule has 4 aromatic rings. The highest BCUT2D eigenvalue weighted by Gasteiger charge is 2.11. The van der Waals surface area contributed by atoms with Gasteiger partial charge in [0.1, 0.15) is 11.2 Å². The number of pyridine rings is 1. The summed E-state index contributed by atoms with van der Waals surface area (Å²) in [5.41, 5.74) is 4.53. The van der Waals surface area contributed by atoms with Gasteiger partial charge in [0.15, 0.2) is 11.9 Å². The van der Waals surface area contributed by atoms with Crippen LogP contribution < -0.4 is 0 Å². The van der Waals surface area contributed by atoms with Gasteiger partial charge in [0.25, 0.3) is 0 Å². The lowest BCUT2D eigenvalue weighted by atomic mass is 10.1. The van der Waals surface area contributed by atoms with E-state index in [2.05, 4.69) is 15.1 Å². The molecule has 0 radical (unpaired) electrons. The maximum absolute atomic E-state index is 10.8. The fourth-order valence-electron chi connectivity index (χ4n) is 2.51. The average molecular weight is 304 g/mol. The molecule has 0 aliphatic rings. The Kier molecular flexibility index (Phi) is 3.01. The first kappa shape index (κ1) is 13.4. The van der Waals surface area contributed by atoms with Crippen molar-refractivity contribution in [1.82, 2.24) is 19.7 Å². The summed E-state index contributed by atoms with van der Waals surface area (Å²) in [5, 5.41) is 4.18. The largest absolute Gasteiger partial charge is 0.436 e. The van der Waals surface area contributed by atoms with E-state index >= 15 is 0 Å². The van der Waals surface area contributed by atoms with Gasteiger partial charge in [0.05, 0.1) is 5.69 Å². The molecule has 0 fully saturated rings.